The Morgan fingerprint density at radius 1 is 1.10 bits per heavy atom. The molecule has 0 saturated carbocycles. The quantitative estimate of drug-likeness (QED) is 0.668. The lowest BCUT2D eigenvalue weighted by atomic mass is 10.1. The summed E-state index contributed by atoms with van der Waals surface area (Å²) in [7, 11) is -3.53. The number of amides is 1. The molecule has 0 aliphatic carbocycles. The highest BCUT2D eigenvalue weighted by atomic mass is 32.2. The number of hydrogen-bond donors (Lipinski definition) is 1. The van der Waals surface area contributed by atoms with E-state index in [1.165, 1.54) is 12.1 Å². The first-order valence-electron chi connectivity index (χ1n) is 10.9. The number of benzene rings is 2. The monoisotopic (exact) mass is 444 g/mol. The van der Waals surface area contributed by atoms with E-state index in [1.54, 1.807) is 16.4 Å². The number of carbonyl (C=O) groups is 1. The van der Waals surface area contributed by atoms with Gasteiger partial charge in [0.25, 0.3) is 5.91 Å². The standard InChI is InChI=1S/C24H32N2O4S/c1-18(2)30-22-11-7-20(8-12-22)15-16-25-24(27)21-9-13-23(14-10-21)31(28,29)26-17-5-4-6-19(26)3/h7-14,18-19H,4-6,15-17H2,1-3H3,(H,25,27). The summed E-state index contributed by atoms with van der Waals surface area (Å²) < 4.78 is 33.0. The largest absolute Gasteiger partial charge is 0.491 e. The van der Waals surface area contributed by atoms with Gasteiger partial charge in [-0.3, -0.25) is 4.79 Å². The summed E-state index contributed by atoms with van der Waals surface area (Å²) in [5.74, 6) is 0.617. The van der Waals surface area contributed by atoms with Gasteiger partial charge in [0.15, 0.2) is 0 Å². The van der Waals surface area contributed by atoms with Gasteiger partial charge in [-0.15, -0.1) is 0 Å². The van der Waals surface area contributed by atoms with Crippen LogP contribution < -0.4 is 10.1 Å². The molecule has 2 aromatic carbocycles. The maximum atomic E-state index is 12.9. The molecule has 168 valence electrons. The van der Waals surface area contributed by atoms with Crippen molar-refractivity contribution in [2.75, 3.05) is 13.1 Å². The van der Waals surface area contributed by atoms with Crippen LogP contribution in [-0.2, 0) is 16.4 Å². The summed E-state index contributed by atoms with van der Waals surface area (Å²) in [6.45, 7) is 6.97. The van der Waals surface area contributed by atoms with Gasteiger partial charge in [-0.2, -0.15) is 4.31 Å². The molecule has 0 radical (unpaired) electrons. The number of ether oxygens (including phenoxy) is 1. The van der Waals surface area contributed by atoms with Crippen LogP contribution in [0.15, 0.2) is 53.4 Å². The average Bonchev–Trinajstić information content (AvgIpc) is 2.75. The topological polar surface area (TPSA) is 75.7 Å². The number of nitrogens with zero attached hydrogens (tertiary/aromatic N) is 1. The summed E-state index contributed by atoms with van der Waals surface area (Å²) in [5.41, 5.74) is 1.56. The van der Waals surface area contributed by atoms with Crippen LogP contribution in [0.4, 0.5) is 0 Å². The molecule has 1 atom stereocenters. The minimum atomic E-state index is -3.53. The Bertz CT molecular complexity index is 970. The van der Waals surface area contributed by atoms with Gasteiger partial charge in [-0.25, -0.2) is 8.42 Å². The number of carbonyl (C=O) groups excluding carboxylic acids is 1. The smallest absolute Gasteiger partial charge is 0.251 e. The fourth-order valence-electron chi connectivity index (χ4n) is 3.77. The second-order valence-corrected chi connectivity index (χ2v) is 10.2. The van der Waals surface area contributed by atoms with E-state index in [9.17, 15) is 13.2 Å². The minimum Gasteiger partial charge on any atom is -0.491 e. The van der Waals surface area contributed by atoms with Gasteiger partial charge in [0.05, 0.1) is 11.0 Å². The molecule has 0 spiro atoms. The Kier molecular flexibility index (Phi) is 7.73. The van der Waals surface area contributed by atoms with Crippen molar-refractivity contribution in [2.45, 2.75) is 63.5 Å². The van der Waals surface area contributed by atoms with Crippen LogP contribution in [0.25, 0.3) is 0 Å². The fourth-order valence-corrected chi connectivity index (χ4v) is 5.47. The lowest BCUT2D eigenvalue weighted by molar-refractivity contribution is 0.0954. The van der Waals surface area contributed by atoms with Crippen LogP contribution in [-0.4, -0.2) is 43.9 Å². The van der Waals surface area contributed by atoms with E-state index >= 15 is 0 Å². The highest BCUT2D eigenvalue weighted by molar-refractivity contribution is 7.89. The zero-order chi connectivity index (χ0) is 22.4. The van der Waals surface area contributed by atoms with Crippen LogP contribution in [0.1, 0.15) is 56.0 Å². The maximum absolute atomic E-state index is 12.9. The van der Waals surface area contributed by atoms with Crippen LogP contribution >= 0.6 is 0 Å². The Morgan fingerprint density at radius 3 is 2.39 bits per heavy atom. The van der Waals surface area contributed by atoms with Gasteiger partial charge in [0.2, 0.25) is 10.0 Å². The molecule has 1 fully saturated rings. The van der Waals surface area contributed by atoms with Crippen LogP contribution in [0.2, 0.25) is 0 Å². The van der Waals surface area contributed by atoms with E-state index in [2.05, 4.69) is 5.32 Å². The molecule has 1 saturated heterocycles. The summed E-state index contributed by atoms with van der Waals surface area (Å²) in [4.78, 5) is 12.7. The van der Waals surface area contributed by atoms with Crippen molar-refractivity contribution in [2.24, 2.45) is 0 Å². The van der Waals surface area contributed by atoms with Gasteiger partial charge >= 0.3 is 0 Å². The third kappa shape index (κ3) is 6.08. The van der Waals surface area contributed by atoms with Crippen LogP contribution in [0, 0.1) is 0 Å². The fraction of sp³-hybridized carbons (Fsp3) is 0.458. The predicted molar refractivity (Wildman–Crippen MR) is 122 cm³/mol. The molecule has 1 unspecified atom stereocenters. The first-order valence-corrected chi connectivity index (χ1v) is 12.4. The van der Waals surface area contributed by atoms with Crippen molar-refractivity contribution < 1.29 is 17.9 Å². The molecule has 1 aliphatic rings. The summed E-state index contributed by atoms with van der Waals surface area (Å²) in [5, 5.41) is 2.89. The molecule has 6 nitrogen and oxygen atoms in total. The van der Waals surface area contributed by atoms with Crippen LogP contribution in [0.5, 0.6) is 5.75 Å². The van der Waals surface area contributed by atoms with Gasteiger partial charge in [0.1, 0.15) is 5.75 Å². The summed E-state index contributed by atoms with van der Waals surface area (Å²) in [6, 6.07) is 14.1. The lowest BCUT2D eigenvalue weighted by Crippen LogP contribution is -2.41. The molecule has 31 heavy (non-hydrogen) atoms. The van der Waals surface area contributed by atoms with Crippen molar-refractivity contribution in [1.29, 1.82) is 0 Å². The predicted octanol–water partition coefficient (Wildman–Crippen LogP) is 4.01. The minimum absolute atomic E-state index is 0.00715. The normalized spacial score (nSPS) is 17.5. The molecule has 1 N–H and O–H groups in total. The van der Waals surface area contributed by atoms with Crippen LogP contribution in [0.3, 0.4) is 0 Å². The highest BCUT2D eigenvalue weighted by Crippen LogP contribution is 2.25. The van der Waals surface area contributed by atoms with E-state index in [4.69, 9.17) is 4.74 Å². The van der Waals surface area contributed by atoms with Gasteiger partial charge in [0, 0.05) is 24.7 Å². The van der Waals surface area contributed by atoms with E-state index in [-0.39, 0.29) is 22.9 Å². The Balaban J connectivity index is 1.54. The molecular formula is C24H32N2O4S. The highest BCUT2D eigenvalue weighted by Gasteiger charge is 2.30. The van der Waals surface area contributed by atoms with Gasteiger partial charge in [-0.1, -0.05) is 18.6 Å². The molecule has 0 aromatic heterocycles. The lowest BCUT2D eigenvalue weighted by Gasteiger charge is -2.32. The Hall–Kier alpha value is -2.38. The SMILES string of the molecule is CC(C)Oc1ccc(CCNC(=O)c2ccc(S(=O)(=O)N3CCCCC3C)cc2)cc1. The zero-order valence-electron chi connectivity index (χ0n) is 18.5. The van der Waals surface area contributed by atoms with Crippen molar-refractivity contribution in [3.63, 3.8) is 0 Å². The van der Waals surface area contributed by atoms with E-state index < -0.39 is 10.0 Å². The summed E-state index contributed by atoms with van der Waals surface area (Å²) in [6.07, 6.45) is 3.66. The van der Waals surface area contributed by atoms with Crippen molar-refractivity contribution in [1.82, 2.24) is 9.62 Å². The molecule has 7 heteroatoms. The molecule has 0 bridgehead atoms. The second kappa shape index (κ2) is 10.3. The van der Waals surface area contributed by atoms with Gasteiger partial charge < -0.3 is 10.1 Å². The van der Waals surface area contributed by atoms with E-state index in [0.29, 0.717) is 25.1 Å². The van der Waals surface area contributed by atoms with E-state index in [1.807, 2.05) is 45.0 Å². The molecule has 1 amide bonds. The number of nitrogens with one attached hydrogen (secondary N) is 1. The zero-order valence-corrected chi connectivity index (χ0v) is 19.3. The number of rotatable bonds is 8. The molecule has 1 aliphatic heterocycles. The van der Waals surface area contributed by atoms with Crippen molar-refractivity contribution >= 4 is 15.9 Å². The van der Waals surface area contributed by atoms with E-state index in [0.717, 1.165) is 30.6 Å². The second-order valence-electron chi connectivity index (χ2n) is 8.30. The van der Waals surface area contributed by atoms with Crippen molar-refractivity contribution in [3.05, 3.63) is 59.7 Å². The third-order valence-corrected chi connectivity index (χ3v) is 7.49. The molecule has 1 heterocycles. The number of hydrogen-bond acceptors (Lipinski definition) is 4. The molecule has 2 aromatic rings. The Morgan fingerprint density at radius 2 is 1.77 bits per heavy atom. The average molecular weight is 445 g/mol. The first-order chi connectivity index (χ1) is 14.8. The van der Waals surface area contributed by atoms with Gasteiger partial charge in [-0.05, 0) is 82.0 Å². The number of piperidine rings is 1. The Labute approximate surface area is 185 Å². The van der Waals surface area contributed by atoms with Crippen molar-refractivity contribution in [3.8, 4) is 5.75 Å². The molecule has 3 rings (SSSR count). The number of sulfonamides is 1. The summed E-state index contributed by atoms with van der Waals surface area (Å²) >= 11 is 0. The molecular weight excluding hydrogens is 412 g/mol. The maximum Gasteiger partial charge on any atom is 0.251 e. The third-order valence-electron chi connectivity index (χ3n) is 5.46. The first kappa shape index (κ1) is 23.3.